The van der Waals surface area contributed by atoms with Gasteiger partial charge in [-0.3, -0.25) is 9.36 Å². The number of carbonyl (C=O) groups is 1. The van der Waals surface area contributed by atoms with Crippen molar-refractivity contribution in [3.8, 4) is 5.75 Å². The molecule has 0 radical (unpaired) electrons. The minimum atomic E-state index is -4.89. The van der Waals surface area contributed by atoms with Gasteiger partial charge in [0.2, 0.25) is 5.95 Å². The Morgan fingerprint density at radius 1 is 1.25 bits per heavy atom. The zero-order chi connectivity index (χ0) is 28.4. The standard InChI is InChI=1S/C23H26ClN7O3.H3N.H3O4P/c1-34-19-6-5-15(10-18(19)24)11-27-21-17(22(33)28-13-20-25-7-3-8-26-20)12-29-23(30-21)31-9-2-4-16(31)14-32;;1-5(2,3)4/h3,5-8,10,12,16,32H,2,4,9,11,13-14H2,1H3,(H,28,33)(H,27,29,30);1H3;(H3,1,2,3,4). The van der Waals surface area contributed by atoms with Crippen LogP contribution in [0.4, 0.5) is 11.8 Å². The Kier molecular flexibility index (Phi) is 12.6. The summed E-state index contributed by atoms with van der Waals surface area (Å²) in [7, 11) is -3.33. The van der Waals surface area contributed by atoms with Gasteiger partial charge in [-0.25, -0.2) is 15.0 Å². The van der Waals surface area contributed by atoms with Crippen LogP contribution in [0.5, 0.6) is 5.75 Å². The smallest absolute Gasteiger partial charge is 0.262 e. The molecule has 1 aromatic carbocycles. The van der Waals surface area contributed by atoms with Gasteiger partial charge in [-0.2, -0.15) is 4.98 Å². The number of ether oxygens (including phenoxy) is 1. The Morgan fingerprint density at radius 3 is 2.58 bits per heavy atom. The number of aromatic nitrogens is 4. The number of amides is 1. The number of carbonyl (C=O) groups excluding carboxylic acids is 1. The highest BCUT2D eigenvalue weighted by molar-refractivity contribution is 7.43. The van der Waals surface area contributed by atoms with E-state index in [1.54, 1.807) is 37.7 Å². The molecule has 0 spiro atoms. The molecular formula is C23H32ClN8O7P. The number of hydrogen-bond donors (Lipinski definition) is 6. The fourth-order valence-corrected chi connectivity index (χ4v) is 4.06. The minimum absolute atomic E-state index is 0. The van der Waals surface area contributed by atoms with Crippen molar-refractivity contribution in [2.75, 3.05) is 30.5 Å². The van der Waals surface area contributed by atoms with Gasteiger partial charge in [0.25, 0.3) is 13.7 Å². The van der Waals surface area contributed by atoms with Gasteiger partial charge >= 0.3 is 0 Å². The van der Waals surface area contributed by atoms with Crippen LogP contribution in [0.2, 0.25) is 5.02 Å². The average molecular weight is 599 g/mol. The maximum absolute atomic E-state index is 13.0. The second-order valence-corrected chi connectivity index (χ2v) is 9.65. The van der Waals surface area contributed by atoms with Crippen molar-refractivity contribution in [3.63, 3.8) is 0 Å². The fourth-order valence-electron chi connectivity index (χ4n) is 3.78. The molecule has 0 bridgehead atoms. The van der Waals surface area contributed by atoms with Crippen molar-refractivity contribution >= 4 is 37.1 Å². The monoisotopic (exact) mass is 598 g/mol. The molecular weight excluding hydrogens is 567 g/mol. The Labute approximate surface area is 235 Å². The number of methoxy groups -OCH3 is 1. The lowest BCUT2D eigenvalue weighted by Gasteiger charge is -2.24. The molecule has 17 heteroatoms. The Bertz CT molecular complexity index is 1290. The molecule has 4 rings (SSSR count). The summed E-state index contributed by atoms with van der Waals surface area (Å²) >= 11 is 6.25. The van der Waals surface area contributed by atoms with Gasteiger partial charge in [0.05, 0.1) is 31.3 Å². The summed E-state index contributed by atoms with van der Waals surface area (Å²) in [6, 6.07) is 7.14. The lowest BCUT2D eigenvalue weighted by molar-refractivity contribution is -0.214. The van der Waals surface area contributed by atoms with E-state index in [0.29, 0.717) is 40.5 Å². The number of aliphatic hydroxyl groups is 1. The van der Waals surface area contributed by atoms with Crippen LogP contribution < -0.4 is 31.3 Å². The molecule has 9 N–H and O–H groups in total. The van der Waals surface area contributed by atoms with Crippen molar-refractivity contribution in [1.29, 1.82) is 0 Å². The van der Waals surface area contributed by atoms with Crippen LogP contribution in [-0.2, 0) is 17.7 Å². The Morgan fingerprint density at radius 2 is 1.95 bits per heavy atom. The first kappa shape index (κ1) is 32.8. The van der Waals surface area contributed by atoms with E-state index in [1.807, 2.05) is 11.0 Å². The third kappa shape index (κ3) is 9.95. The van der Waals surface area contributed by atoms with Crippen molar-refractivity contribution < 1.29 is 33.9 Å². The number of phosphoric acid groups is 1. The van der Waals surface area contributed by atoms with Crippen LogP contribution in [0.1, 0.15) is 34.6 Å². The van der Waals surface area contributed by atoms with Crippen molar-refractivity contribution in [1.82, 2.24) is 31.4 Å². The summed E-state index contributed by atoms with van der Waals surface area (Å²) in [6.45, 7) is 1.32. The average Bonchev–Trinajstić information content (AvgIpc) is 3.39. The van der Waals surface area contributed by atoms with Gasteiger partial charge < -0.3 is 46.2 Å². The lowest BCUT2D eigenvalue weighted by Crippen LogP contribution is -2.34. The topological polar surface area (TPSA) is 242 Å². The third-order valence-electron chi connectivity index (χ3n) is 5.57. The first-order valence-electron chi connectivity index (χ1n) is 11.7. The number of hydrogen-bond acceptors (Lipinski definition) is 11. The van der Waals surface area contributed by atoms with E-state index in [4.69, 9.17) is 35.6 Å². The highest BCUT2D eigenvalue weighted by atomic mass is 35.5. The number of nitrogens with zero attached hydrogens (tertiary/aromatic N) is 5. The number of rotatable bonds is 9. The van der Waals surface area contributed by atoms with Crippen LogP contribution in [-0.4, -0.2) is 67.0 Å². The summed E-state index contributed by atoms with van der Waals surface area (Å²) in [5.41, 5.74) is 1.18. The van der Waals surface area contributed by atoms with Gasteiger partial charge in [0, 0.05) is 31.7 Å². The first-order chi connectivity index (χ1) is 18.6. The number of benzene rings is 1. The summed E-state index contributed by atoms with van der Waals surface area (Å²) < 4.78 is 14.0. The molecule has 0 saturated carbocycles. The fraction of sp³-hybridized carbons (Fsp3) is 0.348. The summed E-state index contributed by atoms with van der Waals surface area (Å²) in [4.78, 5) is 55.2. The van der Waals surface area contributed by atoms with Gasteiger partial charge in [-0.15, -0.1) is 0 Å². The first-order valence-corrected chi connectivity index (χ1v) is 13.6. The van der Waals surface area contributed by atoms with E-state index in [1.165, 1.54) is 6.20 Å². The maximum Gasteiger partial charge on any atom is 0.262 e. The van der Waals surface area contributed by atoms with E-state index in [9.17, 15) is 9.90 Å². The summed E-state index contributed by atoms with van der Waals surface area (Å²) in [5, 5.41) is 16.2. The molecule has 0 aliphatic carbocycles. The molecule has 1 amide bonds. The molecule has 1 saturated heterocycles. The van der Waals surface area contributed by atoms with Gasteiger partial charge in [0.15, 0.2) is 0 Å². The number of halogens is 1. The zero-order valence-corrected chi connectivity index (χ0v) is 23.5. The van der Waals surface area contributed by atoms with Crippen molar-refractivity contribution in [2.45, 2.75) is 32.0 Å². The highest BCUT2D eigenvalue weighted by Crippen LogP contribution is 2.27. The van der Waals surface area contributed by atoms with E-state index in [0.717, 1.165) is 24.9 Å². The highest BCUT2D eigenvalue weighted by Gasteiger charge is 2.27. The molecule has 1 aliphatic rings. The Hall–Kier alpha value is -3.43. The molecule has 40 heavy (non-hydrogen) atoms. The molecule has 15 nitrogen and oxygen atoms in total. The number of aliphatic hydroxyl groups excluding tert-OH is 1. The number of anilines is 2. The predicted molar refractivity (Wildman–Crippen MR) is 146 cm³/mol. The van der Waals surface area contributed by atoms with E-state index in [2.05, 4.69) is 30.6 Å². The van der Waals surface area contributed by atoms with Crippen LogP contribution in [0.3, 0.4) is 0 Å². The van der Waals surface area contributed by atoms with Crippen LogP contribution in [0, 0.1) is 0 Å². The van der Waals surface area contributed by atoms with Gasteiger partial charge in [-0.1, -0.05) is 17.7 Å². The molecule has 1 unspecified atom stereocenters. The van der Waals surface area contributed by atoms with Crippen LogP contribution in [0.15, 0.2) is 42.9 Å². The number of quaternary nitrogens is 1. The molecule has 1 atom stereocenters. The maximum atomic E-state index is 13.0. The largest absolute Gasteiger partial charge is 0.756 e. The van der Waals surface area contributed by atoms with Crippen molar-refractivity contribution in [3.05, 3.63) is 64.8 Å². The summed E-state index contributed by atoms with van der Waals surface area (Å²) in [6.07, 6.45) is 6.55. The molecule has 3 aromatic rings. The van der Waals surface area contributed by atoms with E-state index >= 15 is 0 Å². The number of nitrogens with one attached hydrogen (secondary N) is 2. The molecule has 3 heterocycles. The second-order valence-electron chi connectivity index (χ2n) is 8.27. The SMILES string of the molecule is COc1ccc(CNc2nc(N3CCCC3CO)ncc2C(=O)NCc2ncccn2)cc1Cl.O=P([O-])(O)O.[NH4+]. The van der Waals surface area contributed by atoms with E-state index in [-0.39, 0.29) is 31.3 Å². The minimum Gasteiger partial charge on any atom is -0.756 e. The third-order valence-corrected chi connectivity index (χ3v) is 5.86. The molecule has 1 fully saturated rings. The van der Waals surface area contributed by atoms with Gasteiger partial charge in [-0.05, 0) is 36.6 Å². The van der Waals surface area contributed by atoms with E-state index < -0.39 is 7.82 Å². The lowest BCUT2D eigenvalue weighted by atomic mass is 10.2. The predicted octanol–water partition coefficient (Wildman–Crippen LogP) is 1.25. The normalized spacial score (nSPS) is 14.4. The molecule has 2 aromatic heterocycles. The Balaban J connectivity index is 0.000000858. The summed E-state index contributed by atoms with van der Waals surface area (Å²) in [5.74, 6) is 1.58. The second kappa shape index (κ2) is 15.4. The van der Waals surface area contributed by atoms with Gasteiger partial charge in [0.1, 0.15) is 23.0 Å². The zero-order valence-electron chi connectivity index (χ0n) is 21.9. The quantitative estimate of drug-likeness (QED) is 0.190. The molecule has 218 valence electrons. The van der Waals surface area contributed by atoms with Crippen molar-refractivity contribution in [2.24, 2.45) is 0 Å². The van der Waals surface area contributed by atoms with Crippen LogP contribution in [0.25, 0.3) is 0 Å². The molecule has 1 aliphatic heterocycles. The van der Waals surface area contributed by atoms with Crippen LogP contribution >= 0.6 is 19.4 Å².